The van der Waals surface area contributed by atoms with E-state index in [0.717, 1.165) is 81.3 Å². The van der Waals surface area contributed by atoms with Crippen molar-refractivity contribution >= 4 is 55.0 Å². The van der Waals surface area contributed by atoms with Crippen LogP contribution in [0.3, 0.4) is 0 Å². The summed E-state index contributed by atoms with van der Waals surface area (Å²) in [5.74, 6) is 1.85. The molecule has 1 fully saturated rings. The minimum atomic E-state index is 0.842. The number of para-hydroxylation sites is 1. The molecule has 6 nitrogen and oxygen atoms in total. The molecule has 1 aliphatic heterocycles. The van der Waals surface area contributed by atoms with Crippen LogP contribution in [0.2, 0.25) is 0 Å². The predicted octanol–water partition coefficient (Wildman–Crippen LogP) is 5.58. The van der Waals surface area contributed by atoms with Crippen LogP contribution in [0.25, 0.3) is 32.6 Å². The minimum absolute atomic E-state index is 0.842. The van der Waals surface area contributed by atoms with Gasteiger partial charge in [0, 0.05) is 53.3 Å². The lowest BCUT2D eigenvalue weighted by molar-refractivity contribution is 0.247. The first-order chi connectivity index (χ1) is 15.7. The highest BCUT2D eigenvalue weighted by molar-refractivity contribution is 9.10. The molecule has 1 saturated heterocycles. The maximum Gasteiger partial charge on any atom is 0.164 e. The van der Waals surface area contributed by atoms with E-state index in [2.05, 4.69) is 59.3 Å². The fourth-order valence-electron chi connectivity index (χ4n) is 4.19. The summed E-state index contributed by atoms with van der Waals surface area (Å²) in [6.07, 6.45) is 1.66. The molecular weight excluding hydrogens is 486 g/mol. The average Bonchev–Trinajstić information content (AvgIpc) is 3.46. The largest absolute Gasteiger partial charge is 0.454 e. The van der Waals surface area contributed by atoms with Gasteiger partial charge in [-0.05, 0) is 30.3 Å². The molecule has 160 valence electrons. The van der Waals surface area contributed by atoms with E-state index < -0.39 is 0 Å². The second-order valence-electron chi connectivity index (χ2n) is 7.91. The van der Waals surface area contributed by atoms with Crippen molar-refractivity contribution in [2.45, 2.75) is 6.54 Å². The van der Waals surface area contributed by atoms with Gasteiger partial charge in [0.2, 0.25) is 0 Å². The van der Waals surface area contributed by atoms with Crippen molar-refractivity contribution in [1.29, 1.82) is 0 Å². The number of hydrogen-bond donors (Lipinski definition) is 0. The Labute approximate surface area is 197 Å². The number of furan rings is 1. The van der Waals surface area contributed by atoms with E-state index in [-0.39, 0.29) is 0 Å². The Kier molecular flexibility index (Phi) is 5.13. The zero-order valence-electron chi connectivity index (χ0n) is 17.2. The van der Waals surface area contributed by atoms with Gasteiger partial charge in [-0.2, -0.15) is 0 Å². The molecule has 0 amide bonds. The van der Waals surface area contributed by atoms with Gasteiger partial charge in [0.25, 0.3) is 0 Å². The number of anilines is 1. The molecule has 0 radical (unpaired) electrons. The number of halogens is 1. The van der Waals surface area contributed by atoms with Crippen LogP contribution in [0.15, 0.2) is 69.1 Å². The maximum atomic E-state index is 5.98. The van der Waals surface area contributed by atoms with Crippen molar-refractivity contribution in [2.24, 2.45) is 0 Å². The highest BCUT2D eigenvalue weighted by Crippen LogP contribution is 2.31. The van der Waals surface area contributed by atoms with Gasteiger partial charge in [-0.3, -0.25) is 4.90 Å². The Hall–Kier alpha value is -2.81. The summed E-state index contributed by atoms with van der Waals surface area (Å²) in [5, 5.41) is 5.28. The summed E-state index contributed by atoms with van der Waals surface area (Å²) in [6, 6.07) is 16.3. The van der Waals surface area contributed by atoms with E-state index in [1.807, 2.05) is 30.3 Å². The van der Waals surface area contributed by atoms with Crippen LogP contribution >= 0.6 is 27.3 Å². The Morgan fingerprint density at radius 1 is 1.00 bits per heavy atom. The van der Waals surface area contributed by atoms with Gasteiger partial charge in [-0.15, -0.1) is 11.3 Å². The zero-order chi connectivity index (χ0) is 21.5. The molecule has 0 aliphatic carbocycles. The van der Waals surface area contributed by atoms with Crippen molar-refractivity contribution in [3.8, 4) is 10.8 Å². The number of hydrogen-bond acceptors (Lipinski definition) is 7. The minimum Gasteiger partial charge on any atom is -0.454 e. The molecule has 0 saturated carbocycles. The van der Waals surface area contributed by atoms with E-state index in [4.69, 9.17) is 9.40 Å². The molecule has 0 bridgehead atoms. The van der Waals surface area contributed by atoms with Crippen LogP contribution < -0.4 is 4.90 Å². The zero-order valence-corrected chi connectivity index (χ0v) is 19.6. The first-order valence-electron chi connectivity index (χ1n) is 10.5. The SMILES string of the molecule is Brc1ccc2ncnc(N3CCN(Cc4csc(-c5cc6ccccc6o5)n4)CC3)c2c1. The van der Waals surface area contributed by atoms with Gasteiger partial charge in [0.05, 0.1) is 11.2 Å². The number of piperazine rings is 1. The van der Waals surface area contributed by atoms with Crippen molar-refractivity contribution in [1.82, 2.24) is 19.9 Å². The summed E-state index contributed by atoms with van der Waals surface area (Å²) in [7, 11) is 0. The predicted molar refractivity (Wildman–Crippen MR) is 132 cm³/mol. The molecule has 0 atom stereocenters. The molecular formula is C24H20BrN5OS. The second kappa shape index (κ2) is 8.27. The smallest absolute Gasteiger partial charge is 0.164 e. The first kappa shape index (κ1) is 19.8. The summed E-state index contributed by atoms with van der Waals surface area (Å²) in [5.41, 5.74) is 2.97. The lowest BCUT2D eigenvalue weighted by Crippen LogP contribution is -2.46. The molecule has 8 heteroatoms. The summed E-state index contributed by atoms with van der Waals surface area (Å²) in [4.78, 5) is 18.6. The average molecular weight is 506 g/mol. The number of fused-ring (bicyclic) bond motifs is 2. The number of nitrogens with zero attached hydrogens (tertiary/aromatic N) is 5. The Bertz CT molecular complexity index is 1370. The molecule has 4 heterocycles. The summed E-state index contributed by atoms with van der Waals surface area (Å²) >= 11 is 5.21. The van der Waals surface area contributed by atoms with Crippen LogP contribution in [0.4, 0.5) is 5.82 Å². The van der Waals surface area contributed by atoms with Crippen molar-refractivity contribution in [2.75, 3.05) is 31.1 Å². The quantitative estimate of drug-likeness (QED) is 0.317. The molecule has 1 aliphatic rings. The van der Waals surface area contributed by atoms with Crippen molar-refractivity contribution in [3.63, 3.8) is 0 Å². The van der Waals surface area contributed by atoms with E-state index in [9.17, 15) is 0 Å². The van der Waals surface area contributed by atoms with Crippen molar-refractivity contribution in [3.05, 3.63) is 70.4 Å². The van der Waals surface area contributed by atoms with Crippen LogP contribution in [0.1, 0.15) is 5.69 Å². The molecule has 2 aromatic carbocycles. The fraction of sp³-hybridized carbons (Fsp3) is 0.208. The molecule has 5 aromatic rings. The molecule has 0 unspecified atom stereocenters. The maximum absolute atomic E-state index is 5.98. The molecule has 0 spiro atoms. The normalized spacial score (nSPS) is 15.1. The van der Waals surface area contributed by atoms with E-state index in [1.54, 1.807) is 17.7 Å². The molecule has 6 rings (SSSR count). The standard InChI is InChI=1S/C24H20BrN5OS/c25-17-5-6-20-19(12-17)23(27-15-26-20)30-9-7-29(8-10-30)13-18-14-32-24(28-18)22-11-16-3-1-2-4-21(16)31-22/h1-6,11-12,14-15H,7-10,13H2. The van der Waals surface area contributed by atoms with Gasteiger partial charge < -0.3 is 9.32 Å². The molecule has 0 N–H and O–H groups in total. The van der Waals surface area contributed by atoms with Gasteiger partial charge in [-0.1, -0.05) is 34.1 Å². The number of aromatic nitrogens is 3. The Morgan fingerprint density at radius 2 is 1.88 bits per heavy atom. The van der Waals surface area contributed by atoms with Crippen LogP contribution in [-0.4, -0.2) is 46.0 Å². The van der Waals surface area contributed by atoms with Crippen LogP contribution in [0.5, 0.6) is 0 Å². The third-order valence-corrected chi connectivity index (χ3v) is 7.22. The lowest BCUT2D eigenvalue weighted by atomic mass is 10.2. The highest BCUT2D eigenvalue weighted by atomic mass is 79.9. The lowest BCUT2D eigenvalue weighted by Gasteiger charge is -2.35. The van der Waals surface area contributed by atoms with E-state index in [0.29, 0.717) is 0 Å². The fourth-order valence-corrected chi connectivity index (χ4v) is 5.32. The molecule has 3 aromatic heterocycles. The van der Waals surface area contributed by atoms with Gasteiger partial charge in [0.15, 0.2) is 10.8 Å². The van der Waals surface area contributed by atoms with E-state index >= 15 is 0 Å². The Morgan fingerprint density at radius 3 is 2.75 bits per heavy atom. The number of benzene rings is 2. The van der Waals surface area contributed by atoms with Gasteiger partial charge in [0.1, 0.15) is 17.7 Å². The summed E-state index contributed by atoms with van der Waals surface area (Å²) in [6.45, 7) is 4.65. The number of thiazole rings is 1. The van der Waals surface area contributed by atoms with Gasteiger partial charge in [-0.25, -0.2) is 15.0 Å². The topological polar surface area (TPSA) is 58.3 Å². The first-order valence-corrected chi connectivity index (χ1v) is 12.2. The number of rotatable bonds is 4. The highest BCUT2D eigenvalue weighted by Gasteiger charge is 2.21. The summed E-state index contributed by atoms with van der Waals surface area (Å²) < 4.78 is 7.02. The Balaban J connectivity index is 1.14. The third kappa shape index (κ3) is 3.79. The van der Waals surface area contributed by atoms with E-state index in [1.165, 1.54) is 0 Å². The second-order valence-corrected chi connectivity index (χ2v) is 9.69. The van der Waals surface area contributed by atoms with Crippen LogP contribution in [0, 0.1) is 0 Å². The monoisotopic (exact) mass is 505 g/mol. The van der Waals surface area contributed by atoms with Crippen molar-refractivity contribution < 1.29 is 4.42 Å². The third-order valence-electron chi connectivity index (χ3n) is 5.82. The molecule has 32 heavy (non-hydrogen) atoms. The van der Waals surface area contributed by atoms with Gasteiger partial charge >= 0.3 is 0 Å². The van der Waals surface area contributed by atoms with Crippen LogP contribution in [-0.2, 0) is 6.54 Å².